The van der Waals surface area contributed by atoms with Gasteiger partial charge in [-0.2, -0.15) is 0 Å². The number of nitrogens with zero attached hydrogens (tertiary/aromatic N) is 1. The number of morpholine rings is 1. The van der Waals surface area contributed by atoms with E-state index >= 15 is 0 Å². The lowest BCUT2D eigenvalue weighted by atomic mass is 9.95. The average Bonchev–Trinajstić information content (AvgIpc) is 2.95. The highest BCUT2D eigenvalue weighted by Gasteiger charge is 2.37. The third-order valence-electron chi connectivity index (χ3n) is 4.91. The first-order chi connectivity index (χ1) is 9.60. The molecule has 1 aliphatic heterocycles. The number of rotatable bonds is 6. The molecule has 5 nitrogen and oxygen atoms in total. The van der Waals surface area contributed by atoms with E-state index in [4.69, 9.17) is 9.47 Å². The van der Waals surface area contributed by atoms with Crippen LogP contribution in [0.3, 0.4) is 0 Å². The van der Waals surface area contributed by atoms with Gasteiger partial charge in [0.15, 0.2) is 0 Å². The number of hydrogen-bond acceptors (Lipinski definition) is 5. The second-order valence-electron chi connectivity index (χ2n) is 6.12. The Bertz CT molecular complexity index is 337. The van der Waals surface area contributed by atoms with Gasteiger partial charge in [-0.15, -0.1) is 0 Å². The van der Waals surface area contributed by atoms with Gasteiger partial charge < -0.3 is 14.8 Å². The first kappa shape index (κ1) is 15.7. The van der Waals surface area contributed by atoms with Crippen LogP contribution in [-0.4, -0.2) is 62.4 Å². The van der Waals surface area contributed by atoms with Crippen LogP contribution in [0.25, 0.3) is 0 Å². The standard InChI is InChI=1S/C15H28N2O3/c1-15(16-2,14(18)19-3)8-5-9-17-10-11-20-13-7-4-6-12(13)17/h12-13,16H,4-11H2,1-3H3. The summed E-state index contributed by atoms with van der Waals surface area (Å²) < 4.78 is 10.7. The summed E-state index contributed by atoms with van der Waals surface area (Å²) in [4.78, 5) is 14.4. The lowest BCUT2D eigenvalue weighted by Gasteiger charge is -2.38. The minimum atomic E-state index is -0.573. The summed E-state index contributed by atoms with van der Waals surface area (Å²) >= 11 is 0. The van der Waals surface area contributed by atoms with Crippen molar-refractivity contribution >= 4 is 5.97 Å². The lowest BCUT2D eigenvalue weighted by Crippen LogP contribution is -2.51. The summed E-state index contributed by atoms with van der Waals surface area (Å²) in [5.41, 5.74) is -0.573. The Morgan fingerprint density at radius 1 is 1.50 bits per heavy atom. The molecule has 1 N–H and O–H groups in total. The van der Waals surface area contributed by atoms with Crippen LogP contribution >= 0.6 is 0 Å². The molecular weight excluding hydrogens is 256 g/mol. The zero-order valence-corrected chi connectivity index (χ0v) is 13.0. The van der Waals surface area contributed by atoms with E-state index in [0.717, 1.165) is 32.5 Å². The van der Waals surface area contributed by atoms with Crippen LogP contribution in [0.1, 0.15) is 39.0 Å². The molecule has 1 saturated heterocycles. The number of esters is 1. The molecule has 1 saturated carbocycles. The largest absolute Gasteiger partial charge is 0.468 e. The van der Waals surface area contributed by atoms with E-state index in [1.54, 1.807) is 0 Å². The van der Waals surface area contributed by atoms with E-state index in [-0.39, 0.29) is 5.97 Å². The SMILES string of the molecule is CNC(C)(CCCN1CCOC2CCCC21)C(=O)OC. The summed E-state index contributed by atoms with van der Waals surface area (Å²) in [6.07, 6.45) is 5.98. The highest BCUT2D eigenvalue weighted by atomic mass is 16.5. The molecular formula is C15H28N2O3. The molecule has 3 unspecified atom stereocenters. The Morgan fingerprint density at radius 2 is 2.30 bits per heavy atom. The van der Waals surface area contributed by atoms with Gasteiger partial charge >= 0.3 is 5.97 Å². The Balaban J connectivity index is 1.81. The molecule has 0 aromatic carbocycles. The summed E-state index contributed by atoms with van der Waals surface area (Å²) in [6.45, 7) is 4.83. The van der Waals surface area contributed by atoms with Crippen LogP contribution in [-0.2, 0) is 14.3 Å². The Labute approximate surface area is 122 Å². The van der Waals surface area contributed by atoms with E-state index in [2.05, 4.69) is 10.2 Å². The van der Waals surface area contributed by atoms with E-state index in [9.17, 15) is 4.79 Å². The number of likely N-dealkylation sites (N-methyl/N-ethyl adjacent to an activating group) is 1. The summed E-state index contributed by atoms with van der Waals surface area (Å²) in [7, 11) is 3.27. The number of methoxy groups -OCH3 is 1. The van der Waals surface area contributed by atoms with Crippen LogP contribution < -0.4 is 5.32 Å². The Kier molecular flexibility index (Phi) is 5.41. The van der Waals surface area contributed by atoms with Crippen LogP contribution in [0.2, 0.25) is 0 Å². The van der Waals surface area contributed by atoms with Crippen molar-refractivity contribution < 1.29 is 14.3 Å². The topological polar surface area (TPSA) is 50.8 Å². The van der Waals surface area contributed by atoms with Crippen LogP contribution in [0.4, 0.5) is 0 Å². The molecule has 0 bridgehead atoms. The van der Waals surface area contributed by atoms with Crippen LogP contribution in [0.15, 0.2) is 0 Å². The lowest BCUT2D eigenvalue weighted by molar-refractivity contribution is -0.148. The normalized spacial score (nSPS) is 29.8. The molecule has 116 valence electrons. The zero-order valence-electron chi connectivity index (χ0n) is 13.0. The van der Waals surface area contributed by atoms with E-state index in [0.29, 0.717) is 12.1 Å². The highest BCUT2D eigenvalue weighted by Crippen LogP contribution is 2.30. The van der Waals surface area contributed by atoms with E-state index in [1.165, 1.54) is 26.4 Å². The van der Waals surface area contributed by atoms with Gasteiger partial charge in [-0.1, -0.05) is 0 Å². The molecule has 0 aromatic rings. The molecule has 2 aliphatic rings. The molecule has 5 heteroatoms. The van der Waals surface area contributed by atoms with Gasteiger partial charge in [-0.25, -0.2) is 0 Å². The molecule has 2 fully saturated rings. The summed E-state index contributed by atoms with van der Waals surface area (Å²) in [6, 6.07) is 0.600. The van der Waals surface area contributed by atoms with Crippen molar-refractivity contribution in [3.8, 4) is 0 Å². The van der Waals surface area contributed by atoms with Gasteiger partial charge in [0.2, 0.25) is 0 Å². The Hall–Kier alpha value is -0.650. The van der Waals surface area contributed by atoms with Crippen LogP contribution in [0.5, 0.6) is 0 Å². The average molecular weight is 284 g/mol. The van der Waals surface area contributed by atoms with Crippen molar-refractivity contribution in [2.24, 2.45) is 0 Å². The minimum Gasteiger partial charge on any atom is -0.468 e. The van der Waals surface area contributed by atoms with Gasteiger partial charge in [0.1, 0.15) is 5.54 Å². The molecule has 0 aromatic heterocycles. The van der Waals surface area contributed by atoms with Gasteiger partial charge in [0, 0.05) is 12.6 Å². The maximum atomic E-state index is 11.8. The molecule has 0 radical (unpaired) electrons. The molecule has 0 spiro atoms. The van der Waals surface area contributed by atoms with Crippen molar-refractivity contribution in [2.75, 3.05) is 33.9 Å². The van der Waals surface area contributed by atoms with Crippen molar-refractivity contribution in [3.05, 3.63) is 0 Å². The van der Waals surface area contributed by atoms with Gasteiger partial charge in [-0.05, 0) is 52.6 Å². The summed E-state index contributed by atoms with van der Waals surface area (Å²) in [5.74, 6) is -0.180. The second kappa shape index (κ2) is 6.87. The molecule has 0 amide bonds. The predicted molar refractivity (Wildman–Crippen MR) is 77.7 cm³/mol. The monoisotopic (exact) mass is 284 g/mol. The second-order valence-corrected chi connectivity index (χ2v) is 6.12. The number of carbonyl (C=O) groups is 1. The fraction of sp³-hybridized carbons (Fsp3) is 0.933. The molecule has 3 atom stereocenters. The minimum absolute atomic E-state index is 0.180. The smallest absolute Gasteiger partial charge is 0.325 e. The number of hydrogen-bond donors (Lipinski definition) is 1. The molecule has 1 heterocycles. The van der Waals surface area contributed by atoms with Gasteiger partial charge in [0.05, 0.1) is 19.8 Å². The first-order valence-corrected chi connectivity index (χ1v) is 7.73. The van der Waals surface area contributed by atoms with E-state index < -0.39 is 5.54 Å². The molecule has 20 heavy (non-hydrogen) atoms. The van der Waals surface area contributed by atoms with Crippen molar-refractivity contribution in [3.63, 3.8) is 0 Å². The highest BCUT2D eigenvalue weighted by molar-refractivity contribution is 5.80. The number of fused-ring (bicyclic) bond motifs is 1. The van der Waals surface area contributed by atoms with E-state index in [1.807, 2.05) is 14.0 Å². The fourth-order valence-corrected chi connectivity index (χ4v) is 3.47. The predicted octanol–water partition coefficient (Wildman–Crippen LogP) is 1.17. The molecule has 2 rings (SSSR count). The quantitative estimate of drug-likeness (QED) is 0.742. The third kappa shape index (κ3) is 3.32. The maximum absolute atomic E-state index is 11.8. The number of ether oxygens (including phenoxy) is 2. The van der Waals surface area contributed by atoms with Crippen molar-refractivity contribution in [1.29, 1.82) is 0 Å². The van der Waals surface area contributed by atoms with Crippen LogP contribution in [0, 0.1) is 0 Å². The number of nitrogens with one attached hydrogen (secondary N) is 1. The van der Waals surface area contributed by atoms with Crippen molar-refractivity contribution in [1.82, 2.24) is 10.2 Å². The number of carbonyl (C=O) groups excluding carboxylic acids is 1. The van der Waals surface area contributed by atoms with Crippen molar-refractivity contribution in [2.45, 2.75) is 56.7 Å². The Morgan fingerprint density at radius 3 is 3.00 bits per heavy atom. The maximum Gasteiger partial charge on any atom is 0.325 e. The van der Waals surface area contributed by atoms with Gasteiger partial charge in [-0.3, -0.25) is 9.69 Å². The molecule has 1 aliphatic carbocycles. The zero-order chi connectivity index (χ0) is 14.6. The fourth-order valence-electron chi connectivity index (χ4n) is 3.47. The van der Waals surface area contributed by atoms with Gasteiger partial charge in [0.25, 0.3) is 0 Å². The third-order valence-corrected chi connectivity index (χ3v) is 4.91. The first-order valence-electron chi connectivity index (χ1n) is 7.73. The summed E-state index contributed by atoms with van der Waals surface area (Å²) in [5, 5.41) is 3.10.